The molecule has 0 aromatic carbocycles. The third-order valence-electron chi connectivity index (χ3n) is 3.66. The number of halogens is 1. The van der Waals surface area contributed by atoms with E-state index in [1.807, 2.05) is 0 Å². The summed E-state index contributed by atoms with van der Waals surface area (Å²) in [5.74, 6) is -0.158. The van der Waals surface area contributed by atoms with Crippen LogP contribution < -0.4 is 0 Å². The Bertz CT molecular complexity index is 569. The second-order valence-electron chi connectivity index (χ2n) is 5.72. The Morgan fingerprint density at radius 3 is 2.52 bits per heavy atom. The Balaban J connectivity index is 2.00. The van der Waals surface area contributed by atoms with E-state index in [2.05, 4.69) is 23.7 Å². The lowest BCUT2D eigenvalue weighted by Gasteiger charge is -2.34. The summed E-state index contributed by atoms with van der Waals surface area (Å²) in [6.45, 7) is 7.45. The molecule has 2 heterocycles. The first kappa shape index (κ1) is 16.3. The van der Waals surface area contributed by atoms with Gasteiger partial charge in [0.05, 0.1) is 0 Å². The van der Waals surface area contributed by atoms with Crippen molar-refractivity contribution in [1.29, 1.82) is 0 Å². The molecule has 1 aliphatic heterocycles. The summed E-state index contributed by atoms with van der Waals surface area (Å²) in [7, 11) is -3.83. The molecule has 1 fully saturated rings. The molecule has 5 nitrogen and oxygen atoms in total. The predicted molar refractivity (Wildman–Crippen MR) is 78.8 cm³/mol. The van der Waals surface area contributed by atoms with Crippen LogP contribution in [0, 0.1) is 11.7 Å². The van der Waals surface area contributed by atoms with Gasteiger partial charge in [-0.25, -0.2) is 17.8 Å². The summed E-state index contributed by atoms with van der Waals surface area (Å²) in [6.07, 6.45) is 2.40. The molecule has 0 unspecified atom stereocenters. The Labute approximate surface area is 125 Å². The molecule has 1 aromatic rings. The van der Waals surface area contributed by atoms with E-state index in [9.17, 15) is 12.8 Å². The second-order valence-corrected chi connectivity index (χ2v) is 7.57. The fourth-order valence-electron chi connectivity index (χ4n) is 2.32. The normalized spacial score (nSPS) is 18.3. The quantitative estimate of drug-likeness (QED) is 0.828. The van der Waals surface area contributed by atoms with E-state index in [1.165, 1.54) is 16.6 Å². The average Bonchev–Trinajstić information content (AvgIpc) is 2.46. The van der Waals surface area contributed by atoms with Crippen LogP contribution in [-0.4, -0.2) is 55.3 Å². The number of sulfonamides is 1. The smallest absolute Gasteiger partial charge is 0.263 e. The van der Waals surface area contributed by atoms with Crippen molar-refractivity contribution < 1.29 is 12.8 Å². The van der Waals surface area contributed by atoms with Gasteiger partial charge in [-0.3, -0.25) is 0 Å². The van der Waals surface area contributed by atoms with Crippen LogP contribution in [-0.2, 0) is 10.0 Å². The second kappa shape index (κ2) is 6.81. The molecule has 0 aliphatic carbocycles. The largest absolute Gasteiger partial charge is 0.301 e. The standard InChI is InChI=1S/C14H22FN3O2S/c1-12(2)5-7-17-8-10-18(11-9-17)21(19,20)14-13(15)4-3-6-16-14/h3-4,6,12H,5,7-11H2,1-2H3. The maximum Gasteiger partial charge on any atom is 0.263 e. The molecule has 7 heteroatoms. The van der Waals surface area contributed by atoms with Crippen molar-refractivity contribution >= 4 is 10.0 Å². The summed E-state index contributed by atoms with van der Waals surface area (Å²) in [6, 6.07) is 2.51. The summed E-state index contributed by atoms with van der Waals surface area (Å²) in [5, 5.41) is -0.472. The van der Waals surface area contributed by atoms with Crippen molar-refractivity contribution in [3.8, 4) is 0 Å². The van der Waals surface area contributed by atoms with E-state index >= 15 is 0 Å². The minimum atomic E-state index is -3.83. The van der Waals surface area contributed by atoms with Gasteiger partial charge in [-0.1, -0.05) is 13.8 Å². The van der Waals surface area contributed by atoms with Gasteiger partial charge in [-0.15, -0.1) is 0 Å². The number of nitrogens with zero attached hydrogens (tertiary/aromatic N) is 3. The Morgan fingerprint density at radius 1 is 1.29 bits per heavy atom. The SMILES string of the molecule is CC(C)CCN1CCN(S(=O)(=O)c2ncccc2F)CC1. The van der Waals surface area contributed by atoms with E-state index in [1.54, 1.807) is 0 Å². The summed E-state index contributed by atoms with van der Waals surface area (Å²) in [4.78, 5) is 5.94. The van der Waals surface area contributed by atoms with Crippen LogP contribution in [0.3, 0.4) is 0 Å². The molecule has 1 saturated heterocycles. The predicted octanol–water partition coefficient (Wildman–Crippen LogP) is 1.57. The topological polar surface area (TPSA) is 53.5 Å². The number of hydrogen-bond donors (Lipinski definition) is 0. The lowest BCUT2D eigenvalue weighted by Crippen LogP contribution is -2.49. The molecule has 0 bridgehead atoms. The zero-order valence-corrected chi connectivity index (χ0v) is 13.3. The zero-order valence-electron chi connectivity index (χ0n) is 12.5. The Hall–Kier alpha value is -1.05. The molecule has 1 aromatic heterocycles. The number of hydrogen-bond acceptors (Lipinski definition) is 4. The third kappa shape index (κ3) is 3.99. The highest BCUT2D eigenvalue weighted by Crippen LogP contribution is 2.18. The molecule has 21 heavy (non-hydrogen) atoms. The monoisotopic (exact) mass is 315 g/mol. The number of pyridine rings is 1. The molecule has 0 atom stereocenters. The number of rotatable bonds is 5. The van der Waals surface area contributed by atoms with Crippen LogP contribution in [0.2, 0.25) is 0 Å². The molecule has 0 spiro atoms. The maximum absolute atomic E-state index is 13.6. The van der Waals surface area contributed by atoms with Gasteiger partial charge in [0.1, 0.15) is 0 Å². The number of piperazine rings is 1. The van der Waals surface area contributed by atoms with Gasteiger partial charge in [-0.05, 0) is 31.0 Å². The number of aromatic nitrogens is 1. The molecular weight excluding hydrogens is 293 g/mol. The lowest BCUT2D eigenvalue weighted by atomic mass is 10.1. The highest BCUT2D eigenvalue weighted by Gasteiger charge is 2.31. The van der Waals surface area contributed by atoms with Crippen LogP contribution in [0.15, 0.2) is 23.4 Å². The van der Waals surface area contributed by atoms with E-state index in [0.29, 0.717) is 32.1 Å². The van der Waals surface area contributed by atoms with E-state index in [0.717, 1.165) is 19.0 Å². The summed E-state index contributed by atoms with van der Waals surface area (Å²) in [5.41, 5.74) is 0. The molecule has 0 radical (unpaired) electrons. The van der Waals surface area contributed by atoms with Crippen LogP contribution in [0.25, 0.3) is 0 Å². The first-order valence-corrected chi connectivity index (χ1v) is 8.68. The van der Waals surface area contributed by atoms with Gasteiger partial charge in [0.15, 0.2) is 5.82 Å². The van der Waals surface area contributed by atoms with Gasteiger partial charge >= 0.3 is 0 Å². The highest BCUT2D eigenvalue weighted by atomic mass is 32.2. The third-order valence-corrected chi connectivity index (χ3v) is 5.50. The summed E-state index contributed by atoms with van der Waals surface area (Å²) >= 11 is 0. The van der Waals surface area contributed by atoms with Gasteiger partial charge in [0, 0.05) is 32.4 Å². The molecule has 2 rings (SSSR count). The van der Waals surface area contributed by atoms with Crippen LogP contribution in [0.4, 0.5) is 4.39 Å². The van der Waals surface area contributed by atoms with Crippen LogP contribution >= 0.6 is 0 Å². The fraction of sp³-hybridized carbons (Fsp3) is 0.643. The minimum absolute atomic E-state index is 0.385. The molecule has 1 aliphatic rings. The van der Waals surface area contributed by atoms with Crippen LogP contribution in [0.1, 0.15) is 20.3 Å². The van der Waals surface area contributed by atoms with Crippen molar-refractivity contribution in [2.24, 2.45) is 5.92 Å². The first-order chi connectivity index (χ1) is 9.91. The highest BCUT2D eigenvalue weighted by molar-refractivity contribution is 7.89. The van der Waals surface area contributed by atoms with E-state index < -0.39 is 20.9 Å². The molecule has 0 N–H and O–H groups in total. The molecule has 118 valence electrons. The van der Waals surface area contributed by atoms with Crippen molar-refractivity contribution in [3.63, 3.8) is 0 Å². The first-order valence-electron chi connectivity index (χ1n) is 7.24. The van der Waals surface area contributed by atoms with Gasteiger partial charge in [-0.2, -0.15) is 4.31 Å². The fourth-order valence-corrected chi connectivity index (χ4v) is 3.71. The van der Waals surface area contributed by atoms with Gasteiger partial charge in [0.2, 0.25) is 5.03 Å². The summed E-state index contributed by atoms with van der Waals surface area (Å²) < 4.78 is 39.7. The average molecular weight is 315 g/mol. The zero-order chi connectivity index (χ0) is 15.5. The van der Waals surface area contributed by atoms with Crippen molar-refractivity contribution in [3.05, 3.63) is 24.1 Å². The van der Waals surface area contributed by atoms with Gasteiger partial charge in [0.25, 0.3) is 10.0 Å². The Morgan fingerprint density at radius 2 is 1.95 bits per heavy atom. The van der Waals surface area contributed by atoms with Crippen molar-refractivity contribution in [2.75, 3.05) is 32.7 Å². The van der Waals surface area contributed by atoms with Crippen LogP contribution in [0.5, 0.6) is 0 Å². The lowest BCUT2D eigenvalue weighted by molar-refractivity contribution is 0.180. The van der Waals surface area contributed by atoms with Crippen molar-refractivity contribution in [1.82, 2.24) is 14.2 Å². The van der Waals surface area contributed by atoms with Crippen molar-refractivity contribution in [2.45, 2.75) is 25.3 Å². The Kier molecular flexibility index (Phi) is 5.29. The van der Waals surface area contributed by atoms with Gasteiger partial charge < -0.3 is 4.90 Å². The molecular formula is C14H22FN3O2S. The minimum Gasteiger partial charge on any atom is -0.301 e. The molecule has 0 saturated carbocycles. The maximum atomic E-state index is 13.6. The van der Waals surface area contributed by atoms with E-state index in [4.69, 9.17) is 0 Å². The van der Waals surface area contributed by atoms with E-state index in [-0.39, 0.29) is 0 Å². The molecule has 0 amide bonds.